The first-order valence-corrected chi connectivity index (χ1v) is 8.84. The Kier molecular flexibility index (Phi) is 6.22. The van der Waals surface area contributed by atoms with Crippen LogP contribution in [0.5, 0.6) is 0 Å². The van der Waals surface area contributed by atoms with Crippen LogP contribution in [-0.4, -0.2) is 85.6 Å². The van der Waals surface area contributed by atoms with Gasteiger partial charge in [-0.3, -0.25) is 4.79 Å². The monoisotopic (exact) mass is 322 g/mol. The van der Waals surface area contributed by atoms with E-state index in [-0.39, 0.29) is 13.9 Å². The second-order valence-electron chi connectivity index (χ2n) is 4.72. The topological polar surface area (TPSA) is 74.3 Å². The molecule has 2 rings (SSSR count). The van der Waals surface area contributed by atoms with Gasteiger partial charge in [0.25, 0.3) is 0 Å². The lowest BCUT2D eigenvalue weighted by Crippen LogP contribution is -2.69. The van der Waals surface area contributed by atoms with Gasteiger partial charge in [-0.05, 0) is 0 Å². The lowest BCUT2D eigenvalue weighted by Gasteiger charge is -2.45. The Labute approximate surface area is 125 Å². The summed E-state index contributed by atoms with van der Waals surface area (Å²) in [7, 11) is 0.130. The van der Waals surface area contributed by atoms with Gasteiger partial charge in [0.1, 0.15) is 6.54 Å². The van der Waals surface area contributed by atoms with Crippen LogP contribution in [0.25, 0.3) is 0 Å². The third-order valence-corrected chi connectivity index (χ3v) is 5.51. The number of ether oxygens (including phenoxy) is 2. The molecule has 1 atom stereocenters. The number of carboxylic acids is 1. The van der Waals surface area contributed by atoms with Crippen LogP contribution in [0, 0.1) is 0 Å². The Morgan fingerprint density at radius 1 is 1.15 bits per heavy atom. The van der Waals surface area contributed by atoms with E-state index in [1.54, 1.807) is 0 Å². The van der Waals surface area contributed by atoms with E-state index in [0.717, 1.165) is 26.2 Å². The van der Waals surface area contributed by atoms with Crippen molar-refractivity contribution in [2.75, 3.05) is 59.2 Å². The van der Waals surface area contributed by atoms with E-state index in [1.807, 2.05) is 0 Å². The fourth-order valence-electron chi connectivity index (χ4n) is 2.56. The molecule has 2 aliphatic heterocycles. The van der Waals surface area contributed by atoms with E-state index in [1.165, 1.54) is 0 Å². The van der Waals surface area contributed by atoms with Crippen molar-refractivity contribution in [3.63, 3.8) is 0 Å². The van der Waals surface area contributed by atoms with Crippen molar-refractivity contribution in [1.29, 1.82) is 0 Å². The number of hydrogen-bond acceptors (Lipinski definition) is 7. The van der Waals surface area contributed by atoms with E-state index in [2.05, 4.69) is 15.1 Å². The van der Waals surface area contributed by atoms with Gasteiger partial charge in [-0.15, -0.1) is 0 Å². The van der Waals surface area contributed by atoms with Gasteiger partial charge in [-0.1, -0.05) is 0 Å². The highest BCUT2D eigenvalue weighted by molar-refractivity contribution is 7.97. The third kappa shape index (κ3) is 3.71. The van der Waals surface area contributed by atoms with Crippen molar-refractivity contribution in [3.8, 4) is 0 Å². The van der Waals surface area contributed by atoms with Gasteiger partial charge in [-0.25, -0.2) is 15.1 Å². The quantitative estimate of drug-likeness (QED) is 0.608. The zero-order chi connectivity index (χ0) is 14.4. The van der Waals surface area contributed by atoms with E-state index in [0.29, 0.717) is 26.4 Å². The molecule has 9 heteroatoms. The zero-order valence-electron chi connectivity index (χ0n) is 11.3. The Bertz CT molecular complexity index is 331. The molecule has 7 nitrogen and oxygen atoms in total. The van der Waals surface area contributed by atoms with Gasteiger partial charge in [0, 0.05) is 26.2 Å². The summed E-state index contributed by atoms with van der Waals surface area (Å²) in [6, 6.07) is 0. The molecule has 0 saturated carbocycles. The standard InChI is InChI=1S/C11H20N3O4PS/c15-10(16)9-12-11(19-20,13-1-5-17-6-2-13)14-3-7-18-8-4-14/h12H,1-9H2,(H,15,16)/p+1. The summed E-state index contributed by atoms with van der Waals surface area (Å²) < 4.78 is 10.8. The molecule has 114 valence electrons. The van der Waals surface area contributed by atoms with Crippen LogP contribution in [0.15, 0.2) is 0 Å². The highest BCUT2D eigenvalue weighted by atomic mass is 32.4. The van der Waals surface area contributed by atoms with Gasteiger partial charge >= 0.3 is 11.5 Å². The summed E-state index contributed by atoms with van der Waals surface area (Å²) in [4.78, 5) is 15.4. The molecule has 0 radical (unpaired) electrons. The summed E-state index contributed by atoms with van der Waals surface area (Å²) in [6.07, 6.45) is 0. The molecule has 0 aliphatic carbocycles. The Morgan fingerprint density at radius 2 is 1.60 bits per heavy atom. The summed E-state index contributed by atoms with van der Waals surface area (Å²) in [5.41, 5.74) is -0.568. The number of aliphatic carboxylic acids is 1. The molecule has 2 heterocycles. The van der Waals surface area contributed by atoms with E-state index in [4.69, 9.17) is 26.4 Å². The maximum Gasteiger partial charge on any atom is 0.317 e. The molecule has 20 heavy (non-hydrogen) atoms. The number of rotatable bonds is 6. The fraction of sp³-hybridized carbons (Fsp3) is 0.909. The minimum absolute atomic E-state index is 0.0989. The summed E-state index contributed by atoms with van der Waals surface area (Å²) in [6.45, 7) is 5.55. The van der Waals surface area contributed by atoms with Crippen LogP contribution < -0.4 is 5.32 Å². The first kappa shape index (κ1) is 16.2. The first-order valence-electron chi connectivity index (χ1n) is 6.71. The van der Waals surface area contributed by atoms with Crippen LogP contribution >= 0.6 is 7.36 Å². The maximum atomic E-state index is 10.9. The van der Waals surface area contributed by atoms with Crippen LogP contribution in [0.4, 0.5) is 0 Å². The van der Waals surface area contributed by atoms with Gasteiger partial charge in [-0.2, -0.15) is 0 Å². The van der Waals surface area contributed by atoms with Crippen LogP contribution in [0.1, 0.15) is 0 Å². The number of hydrogen-bond donors (Lipinski definition) is 2. The lowest BCUT2D eigenvalue weighted by molar-refractivity contribution is -0.139. The highest BCUT2D eigenvalue weighted by Crippen LogP contribution is 2.31. The second-order valence-corrected chi connectivity index (χ2v) is 6.23. The molecule has 2 aliphatic rings. The smallest absolute Gasteiger partial charge is 0.317 e. The van der Waals surface area contributed by atoms with Crippen molar-refractivity contribution >= 4 is 25.1 Å². The predicted octanol–water partition coefficient (Wildman–Crippen LogP) is -0.923. The lowest BCUT2D eigenvalue weighted by atomic mass is 10.3. The zero-order valence-corrected chi connectivity index (χ0v) is 13.2. The van der Waals surface area contributed by atoms with Gasteiger partial charge < -0.3 is 14.6 Å². The van der Waals surface area contributed by atoms with Crippen molar-refractivity contribution in [2.24, 2.45) is 0 Å². The number of carboxylic acid groups (broad SMARTS) is 1. The van der Waals surface area contributed by atoms with Gasteiger partial charge in [0.15, 0.2) is 11.8 Å². The van der Waals surface area contributed by atoms with Crippen molar-refractivity contribution < 1.29 is 19.4 Å². The molecule has 0 aromatic rings. The highest BCUT2D eigenvalue weighted by Gasteiger charge is 2.49. The Morgan fingerprint density at radius 3 is 1.95 bits per heavy atom. The molecule has 0 spiro atoms. The molecule has 2 saturated heterocycles. The molecule has 0 amide bonds. The predicted molar refractivity (Wildman–Crippen MR) is 78.8 cm³/mol. The maximum absolute atomic E-state index is 10.9. The average Bonchev–Trinajstić information content (AvgIpc) is 2.50. The molecule has 2 fully saturated rings. The number of nitrogens with one attached hydrogen (secondary N) is 1. The number of nitrogens with zero attached hydrogens (tertiary/aromatic N) is 2. The SMILES string of the molecule is O=C(O)CNC([PH+]=S)(N1CCOCC1)N1CCOCC1. The molecule has 0 aromatic carbocycles. The minimum Gasteiger partial charge on any atom is -0.480 e. The van der Waals surface area contributed by atoms with E-state index < -0.39 is 11.5 Å². The molecule has 0 bridgehead atoms. The third-order valence-electron chi connectivity index (χ3n) is 3.57. The number of carbonyl (C=O) groups is 1. The van der Waals surface area contributed by atoms with Crippen molar-refractivity contribution in [1.82, 2.24) is 15.1 Å². The summed E-state index contributed by atoms with van der Waals surface area (Å²) in [5.74, 6) is -0.871. The number of morpholine rings is 2. The van der Waals surface area contributed by atoms with Gasteiger partial charge in [0.2, 0.25) is 7.36 Å². The molecular formula is C11H21N3O4PS+. The van der Waals surface area contributed by atoms with Crippen LogP contribution in [-0.2, 0) is 26.1 Å². The van der Waals surface area contributed by atoms with E-state index >= 15 is 0 Å². The van der Waals surface area contributed by atoms with E-state index in [9.17, 15) is 4.79 Å². The largest absolute Gasteiger partial charge is 0.480 e. The Hall–Kier alpha value is -0.210. The molecular weight excluding hydrogens is 301 g/mol. The van der Waals surface area contributed by atoms with Gasteiger partial charge in [0.05, 0.1) is 26.4 Å². The summed E-state index contributed by atoms with van der Waals surface area (Å²) in [5, 5.41) is 12.2. The summed E-state index contributed by atoms with van der Waals surface area (Å²) >= 11 is 5.41. The Balaban J connectivity index is 2.17. The van der Waals surface area contributed by atoms with Crippen molar-refractivity contribution in [3.05, 3.63) is 0 Å². The molecule has 2 N–H and O–H groups in total. The van der Waals surface area contributed by atoms with Crippen LogP contribution in [0.3, 0.4) is 0 Å². The van der Waals surface area contributed by atoms with Crippen molar-refractivity contribution in [2.45, 2.75) is 5.53 Å². The molecule has 0 aromatic heterocycles. The van der Waals surface area contributed by atoms with Crippen LogP contribution in [0.2, 0.25) is 0 Å². The second kappa shape index (κ2) is 7.70. The fourth-order valence-corrected chi connectivity index (χ4v) is 4.42. The molecule has 1 unspecified atom stereocenters. The minimum atomic E-state index is -0.871. The normalized spacial score (nSPS) is 23.0. The average molecular weight is 322 g/mol. The first-order chi connectivity index (χ1) is 9.69.